The molecule has 3 aromatic rings. The van der Waals surface area contributed by atoms with E-state index in [4.69, 9.17) is 0 Å². The second kappa shape index (κ2) is 9.33. The van der Waals surface area contributed by atoms with Crippen molar-refractivity contribution >= 4 is 29.3 Å². The molecule has 2 N–H and O–H groups in total. The number of hydrogen-bond acceptors (Lipinski definition) is 5. The van der Waals surface area contributed by atoms with Crippen LogP contribution in [0, 0.1) is 12.7 Å². The quantitative estimate of drug-likeness (QED) is 0.582. The van der Waals surface area contributed by atoms with E-state index in [1.165, 1.54) is 17.8 Å². The highest BCUT2D eigenvalue weighted by Crippen LogP contribution is 2.16. The monoisotopic (exact) mass is 413 g/mol. The number of halogens is 1. The van der Waals surface area contributed by atoms with Gasteiger partial charge in [-0.05, 0) is 42.3 Å². The van der Waals surface area contributed by atoms with Crippen molar-refractivity contribution in [2.45, 2.75) is 18.6 Å². The Labute approximate surface area is 171 Å². The molecule has 0 aliphatic heterocycles. The summed E-state index contributed by atoms with van der Waals surface area (Å²) in [7, 11) is 1.80. The molecule has 0 saturated heterocycles. The van der Waals surface area contributed by atoms with Crippen molar-refractivity contribution in [2.24, 2.45) is 7.05 Å². The fourth-order valence-electron chi connectivity index (χ4n) is 2.50. The molecule has 2 amide bonds. The lowest BCUT2D eigenvalue weighted by molar-refractivity contribution is -0.113. The highest BCUT2D eigenvalue weighted by atomic mass is 32.2. The molecule has 0 radical (unpaired) electrons. The zero-order valence-electron chi connectivity index (χ0n) is 16.0. The number of carbonyl (C=O) groups is 2. The normalized spacial score (nSPS) is 10.6. The number of rotatable bonds is 7. The Bertz CT molecular complexity index is 1040. The van der Waals surface area contributed by atoms with Crippen molar-refractivity contribution in [1.29, 1.82) is 0 Å². The molecule has 0 aliphatic carbocycles. The number of amides is 2. The van der Waals surface area contributed by atoms with Gasteiger partial charge in [0.2, 0.25) is 5.91 Å². The second-order valence-electron chi connectivity index (χ2n) is 6.41. The van der Waals surface area contributed by atoms with Crippen LogP contribution >= 0.6 is 11.8 Å². The average molecular weight is 413 g/mol. The first-order valence-corrected chi connectivity index (χ1v) is 9.81. The lowest BCUT2D eigenvalue weighted by Gasteiger charge is -2.09. The Kier molecular flexibility index (Phi) is 6.61. The van der Waals surface area contributed by atoms with Crippen LogP contribution in [0.2, 0.25) is 0 Å². The number of nitrogens with zero attached hydrogens (tertiary/aromatic N) is 3. The summed E-state index contributed by atoms with van der Waals surface area (Å²) in [5.74, 6) is -0.663. The number of aromatic nitrogens is 3. The van der Waals surface area contributed by atoms with Crippen molar-refractivity contribution in [2.75, 3.05) is 11.1 Å². The summed E-state index contributed by atoms with van der Waals surface area (Å²) in [4.78, 5) is 24.5. The van der Waals surface area contributed by atoms with E-state index in [1.54, 1.807) is 61.3 Å². The van der Waals surface area contributed by atoms with Crippen LogP contribution in [-0.4, -0.2) is 32.3 Å². The Morgan fingerprint density at radius 2 is 2.03 bits per heavy atom. The Balaban J connectivity index is 1.55. The summed E-state index contributed by atoms with van der Waals surface area (Å²) in [6.45, 7) is 1.89. The van der Waals surface area contributed by atoms with E-state index in [-0.39, 0.29) is 29.9 Å². The maximum atomic E-state index is 13.6. The van der Waals surface area contributed by atoms with E-state index in [0.717, 1.165) is 0 Å². The SMILES string of the molecule is Cc1ccc(CNC(=O)c2cccc(NC(=O)CSc3nncn3C)c2)cc1F. The van der Waals surface area contributed by atoms with Gasteiger partial charge >= 0.3 is 0 Å². The van der Waals surface area contributed by atoms with Crippen LogP contribution in [0.1, 0.15) is 21.5 Å². The summed E-state index contributed by atoms with van der Waals surface area (Å²) in [6, 6.07) is 11.5. The van der Waals surface area contributed by atoms with Gasteiger partial charge in [-0.2, -0.15) is 0 Å². The van der Waals surface area contributed by atoms with Crippen molar-refractivity contribution in [3.05, 3.63) is 71.3 Å². The molecule has 150 valence electrons. The van der Waals surface area contributed by atoms with Gasteiger partial charge in [0.15, 0.2) is 5.16 Å². The molecule has 1 aromatic heterocycles. The third kappa shape index (κ3) is 5.64. The van der Waals surface area contributed by atoms with Gasteiger partial charge in [-0.1, -0.05) is 30.0 Å². The van der Waals surface area contributed by atoms with Crippen LogP contribution in [0.4, 0.5) is 10.1 Å². The van der Waals surface area contributed by atoms with Crippen LogP contribution in [0.25, 0.3) is 0 Å². The molecule has 2 aromatic carbocycles. The first-order chi connectivity index (χ1) is 13.9. The molecule has 3 rings (SSSR count). The van der Waals surface area contributed by atoms with Gasteiger partial charge in [-0.3, -0.25) is 9.59 Å². The van der Waals surface area contributed by atoms with Gasteiger partial charge < -0.3 is 15.2 Å². The van der Waals surface area contributed by atoms with Gasteiger partial charge in [0.05, 0.1) is 5.75 Å². The van der Waals surface area contributed by atoms with Crippen LogP contribution in [-0.2, 0) is 18.4 Å². The number of anilines is 1. The standard InChI is InChI=1S/C20H20FN5O2S/c1-13-6-7-14(8-17(13)21)10-22-19(28)15-4-3-5-16(9-15)24-18(27)11-29-20-25-23-12-26(20)2/h3-9,12H,10-11H2,1-2H3,(H,22,28)(H,24,27). The predicted octanol–water partition coefficient (Wildman–Crippen LogP) is 2.92. The number of aryl methyl sites for hydroxylation is 2. The molecule has 0 bridgehead atoms. The first-order valence-electron chi connectivity index (χ1n) is 8.82. The van der Waals surface area contributed by atoms with E-state index in [1.807, 2.05) is 0 Å². The molecule has 0 fully saturated rings. The fraction of sp³-hybridized carbons (Fsp3) is 0.200. The summed E-state index contributed by atoms with van der Waals surface area (Å²) in [5.41, 5.74) is 2.14. The van der Waals surface area contributed by atoms with E-state index >= 15 is 0 Å². The van der Waals surface area contributed by atoms with E-state index < -0.39 is 0 Å². The minimum atomic E-state index is -0.310. The van der Waals surface area contributed by atoms with Crippen LogP contribution in [0.3, 0.4) is 0 Å². The van der Waals surface area contributed by atoms with Crippen molar-refractivity contribution in [3.8, 4) is 0 Å². The first kappa shape index (κ1) is 20.5. The van der Waals surface area contributed by atoms with Crippen LogP contribution in [0.5, 0.6) is 0 Å². The van der Waals surface area contributed by atoms with Gasteiger partial charge in [-0.15, -0.1) is 10.2 Å². The smallest absolute Gasteiger partial charge is 0.251 e. The highest BCUT2D eigenvalue weighted by molar-refractivity contribution is 7.99. The maximum absolute atomic E-state index is 13.6. The topological polar surface area (TPSA) is 88.9 Å². The zero-order valence-corrected chi connectivity index (χ0v) is 16.8. The Morgan fingerprint density at radius 3 is 2.76 bits per heavy atom. The molecule has 1 heterocycles. The van der Waals surface area contributed by atoms with Crippen molar-refractivity contribution in [1.82, 2.24) is 20.1 Å². The number of nitrogens with one attached hydrogen (secondary N) is 2. The summed E-state index contributed by atoms with van der Waals surface area (Å²) in [5, 5.41) is 13.8. The molecule has 7 nitrogen and oxygen atoms in total. The predicted molar refractivity (Wildman–Crippen MR) is 109 cm³/mol. The largest absolute Gasteiger partial charge is 0.348 e. The third-order valence-corrected chi connectivity index (χ3v) is 5.13. The second-order valence-corrected chi connectivity index (χ2v) is 7.35. The number of carbonyl (C=O) groups excluding carboxylic acids is 2. The summed E-state index contributed by atoms with van der Waals surface area (Å²) in [6.07, 6.45) is 1.56. The summed E-state index contributed by atoms with van der Waals surface area (Å²) < 4.78 is 15.3. The zero-order chi connectivity index (χ0) is 20.8. The lowest BCUT2D eigenvalue weighted by atomic mass is 10.1. The summed E-state index contributed by atoms with van der Waals surface area (Å²) >= 11 is 1.27. The van der Waals surface area contributed by atoms with E-state index in [2.05, 4.69) is 20.8 Å². The number of benzene rings is 2. The van der Waals surface area contributed by atoms with Crippen molar-refractivity contribution in [3.63, 3.8) is 0 Å². The molecular weight excluding hydrogens is 393 g/mol. The van der Waals surface area contributed by atoms with E-state index in [9.17, 15) is 14.0 Å². The molecule has 0 spiro atoms. The number of thioether (sulfide) groups is 1. The van der Waals surface area contributed by atoms with Crippen LogP contribution in [0.15, 0.2) is 53.9 Å². The Hall–Kier alpha value is -3.20. The van der Waals surface area contributed by atoms with Crippen molar-refractivity contribution < 1.29 is 14.0 Å². The van der Waals surface area contributed by atoms with E-state index in [0.29, 0.717) is 27.5 Å². The molecule has 0 unspecified atom stereocenters. The molecule has 0 atom stereocenters. The van der Waals surface area contributed by atoms with Gasteiger partial charge in [0, 0.05) is 24.8 Å². The fourth-order valence-corrected chi connectivity index (χ4v) is 3.19. The molecule has 29 heavy (non-hydrogen) atoms. The molecule has 9 heteroatoms. The molecule has 0 aliphatic rings. The minimum absolute atomic E-state index is 0.169. The molecular formula is C20H20FN5O2S. The maximum Gasteiger partial charge on any atom is 0.251 e. The molecule has 0 saturated carbocycles. The third-order valence-electron chi connectivity index (χ3n) is 4.10. The van der Waals surface area contributed by atoms with Crippen LogP contribution < -0.4 is 10.6 Å². The van der Waals surface area contributed by atoms with Gasteiger partial charge in [0.1, 0.15) is 12.1 Å². The Morgan fingerprint density at radius 1 is 1.21 bits per heavy atom. The minimum Gasteiger partial charge on any atom is -0.348 e. The number of hydrogen-bond donors (Lipinski definition) is 2. The van der Waals surface area contributed by atoms with Gasteiger partial charge in [0.25, 0.3) is 5.91 Å². The average Bonchev–Trinajstić information content (AvgIpc) is 3.12. The van der Waals surface area contributed by atoms with Gasteiger partial charge in [-0.25, -0.2) is 4.39 Å². The highest BCUT2D eigenvalue weighted by Gasteiger charge is 2.10. The lowest BCUT2D eigenvalue weighted by Crippen LogP contribution is -2.23.